The van der Waals surface area contributed by atoms with Gasteiger partial charge in [0.25, 0.3) is 5.91 Å². The van der Waals surface area contributed by atoms with Gasteiger partial charge in [0.15, 0.2) is 0 Å². The van der Waals surface area contributed by atoms with Crippen LogP contribution in [0.1, 0.15) is 10.4 Å². The average molecular weight is 205 g/mol. The molecule has 4 nitrogen and oxygen atoms in total. The van der Waals surface area contributed by atoms with E-state index in [9.17, 15) is 9.18 Å². The summed E-state index contributed by atoms with van der Waals surface area (Å²) in [7, 11) is 0. The number of carbonyl (C=O) groups excluding carboxylic acids is 1. The summed E-state index contributed by atoms with van der Waals surface area (Å²) in [4.78, 5) is 10.9. The molecule has 1 aromatic carbocycles. The number of phenolic OH excluding ortho intramolecular Hbond substituents is 1. The summed E-state index contributed by atoms with van der Waals surface area (Å²) in [5.41, 5.74) is 1.44. The first-order chi connectivity index (χ1) is 6.06. The van der Waals surface area contributed by atoms with E-state index < -0.39 is 17.5 Å². The van der Waals surface area contributed by atoms with Gasteiger partial charge in [-0.1, -0.05) is 11.6 Å². The standard InChI is InChI=1S/C7H6ClFN2O2/c8-4-1-3(7(13)11-10)5(9)2-6(4)12/h1-2,12H,10H2,(H,11,13). The summed E-state index contributed by atoms with van der Waals surface area (Å²) in [5.74, 6) is 2.68. The van der Waals surface area contributed by atoms with E-state index in [1.165, 1.54) is 0 Å². The molecule has 0 aromatic heterocycles. The average Bonchev–Trinajstić information content (AvgIpc) is 2.10. The molecule has 0 saturated carbocycles. The molecule has 0 spiro atoms. The van der Waals surface area contributed by atoms with E-state index in [-0.39, 0.29) is 10.6 Å². The summed E-state index contributed by atoms with van der Waals surface area (Å²) in [6, 6.07) is 1.74. The van der Waals surface area contributed by atoms with Crippen molar-refractivity contribution in [1.82, 2.24) is 5.43 Å². The summed E-state index contributed by atoms with van der Waals surface area (Å²) >= 11 is 5.45. The highest BCUT2D eigenvalue weighted by Gasteiger charge is 2.13. The molecule has 0 bridgehead atoms. The lowest BCUT2D eigenvalue weighted by atomic mass is 10.2. The Bertz CT molecular complexity index is 357. The molecule has 0 fully saturated rings. The molecule has 0 heterocycles. The molecule has 0 atom stereocenters. The van der Waals surface area contributed by atoms with Crippen molar-refractivity contribution >= 4 is 17.5 Å². The maximum atomic E-state index is 12.9. The Labute approximate surface area is 78.1 Å². The molecule has 0 radical (unpaired) electrons. The summed E-state index contributed by atoms with van der Waals surface area (Å²) < 4.78 is 12.9. The Balaban J connectivity index is 3.23. The minimum Gasteiger partial charge on any atom is -0.506 e. The van der Waals surface area contributed by atoms with E-state index in [0.29, 0.717) is 0 Å². The van der Waals surface area contributed by atoms with Crippen LogP contribution in [0, 0.1) is 5.82 Å². The SMILES string of the molecule is NNC(=O)c1cc(Cl)c(O)cc1F. The second-order valence-corrected chi connectivity index (χ2v) is 2.66. The second-order valence-electron chi connectivity index (χ2n) is 2.26. The normalized spacial score (nSPS) is 9.77. The van der Waals surface area contributed by atoms with Gasteiger partial charge in [0.1, 0.15) is 11.6 Å². The molecule has 4 N–H and O–H groups in total. The third kappa shape index (κ3) is 1.88. The highest BCUT2D eigenvalue weighted by atomic mass is 35.5. The number of nitrogens with one attached hydrogen (secondary N) is 1. The van der Waals surface area contributed by atoms with Gasteiger partial charge in [-0.05, 0) is 6.07 Å². The minimum absolute atomic E-state index is 0.111. The number of phenols is 1. The predicted molar refractivity (Wildman–Crippen MR) is 44.7 cm³/mol. The molecule has 1 amide bonds. The van der Waals surface area contributed by atoms with Crippen molar-refractivity contribution in [2.75, 3.05) is 0 Å². The van der Waals surface area contributed by atoms with Crippen LogP contribution in [-0.4, -0.2) is 11.0 Å². The van der Waals surface area contributed by atoms with Crippen molar-refractivity contribution in [3.8, 4) is 5.75 Å². The fourth-order valence-electron chi connectivity index (χ4n) is 0.788. The smallest absolute Gasteiger partial charge is 0.268 e. The van der Waals surface area contributed by atoms with Gasteiger partial charge in [-0.15, -0.1) is 0 Å². The maximum absolute atomic E-state index is 12.9. The van der Waals surface area contributed by atoms with Crippen LogP contribution < -0.4 is 11.3 Å². The number of amides is 1. The Kier molecular flexibility index (Phi) is 2.69. The molecule has 0 saturated heterocycles. The summed E-state index contributed by atoms with van der Waals surface area (Å²) in [5, 5.41) is 8.83. The quantitative estimate of drug-likeness (QED) is 0.360. The number of nitrogens with two attached hydrogens (primary N) is 1. The van der Waals surface area contributed by atoms with Crippen molar-refractivity contribution in [2.45, 2.75) is 0 Å². The maximum Gasteiger partial charge on any atom is 0.268 e. The molecule has 1 rings (SSSR count). The van der Waals surface area contributed by atoms with Gasteiger partial charge in [-0.3, -0.25) is 10.2 Å². The second kappa shape index (κ2) is 3.59. The fourth-order valence-corrected chi connectivity index (χ4v) is 0.952. The number of aromatic hydroxyl groups is 1. The van der Waals surface area contributed by atoms with Gasteiger partial charge in [0.2, 0.25) is 0 Å². The zero-order valence-electron chi connectivity index (χ0n) is 6.34. The number of hydrogen-bond donors (Lipinski definition) is 3. The predicted octanol–water partition coefficient (Wildman–Crippen LogP) is 0.788. The van der Waals surface area contributed by atoms with Gasteiger partial charge in [-0.25, -0.2) is 10.2 Å². The third-order valence-electron chi connectivity index (χ3n) is 1.41. The molecule has 6 heteroatoms. The Morgan fingerprint density at radius 2 is 2.23 bits per heavy atom. The molecule has 0 aliphatic heterocycles. The lowest BCUT2D eigenvalue weighted by molar-refractivity contribution is 0.0949. The van der Waals surface area contributed by atoms with Crippen molar-refractivity contribution in [2.24, 2.45) is 5.84 Å². The highest BCUT2D eigenvalue weighted by Crippen LogP contribution is 2.25. The van der Waals surface area contributed by atoms with Crippen LogP contribution >= 0.6 is 11.6 Å². The summed E-state index contributed by atoms with van der Waals surface area (Å²) in [6.45, 7) is 0. The number of hydrazine groups is 1. The number of nitrogen functional groups attached to an aromatic ring is 1. The van der Waals surface area contributed by atoms with Gasteiger partial charge < -0.3 is 5.11 Å². The first-order valence-electron chi connectivity index (χ1n) is 3.25. The molecular weight excluding hydrogens is 199 g/mol. The van der Waals surface area contributed by atoms with Crippen LogP contribution in [0.15, 0.2) is 12.1 Å². The Morgan fingerprint density at radius 1 is 1.62 bits per heavy atom. The molecule has 0 aliphatic rings. The van der Waals surface area contributed by atoms with Crippen molar-refractivity contribution in [3.05, 3.63) is 28.5 Å². The molecule has 0 unspecified atom stereocenters. The largest absolute Gasteiger partial charge is 0.506 e. The van der Waals surface area contributed by atoms with Gasteiger partial charge in [-0.2, -0.15) is 0 Å². The fraction of sp³-hybridized carbons (Fsp3) is 0. The zero-order valence-corrected chi connectivity index (χ0v) is 7.10. The number of halogens is 2. The first kappa shape index (κ1) is 9.76. The number of rotatable bonds is 1. The molecule has 0 aliphatic carbocycles. The van der Waals surface area contributed by atoms with E-state index >= 15 is 0 Å². The van der Waals surface area contributed by atoms with E-state index in [2.05, 4.69) is 0 Å². The van der Waals surface area contributed by atoms with Crippen LogP contribution in [0.5, 0.6) is 5.75 Å². The Hall–Kier alpha value is -1.33. The summed E-state index contributed by atoms with van der Waals surface area (Å²) in [6.07, 6.45) is 0. The van der Waals surface area contributed by atoms with Crippen LogP contribution in [-0.2, 0) is 0 Å². The lowest BCUT2D eigenvalue weighted by Crippen LogP contribution is -2.30. The molecular formula is C7H6ClFN2O2. The monoisotopic (exact) mass is 204 g/mol. The first-order valence-corrected chi connectivity index (χ1v) is 3.63. The number of benzene rings is 1. The van der Waals surface area contributed by atoms with Crippen LogP contribution in [0.2, 0.25) is 5.02 Å². The van der Waals surface area contributed by atoms with Crippen LogP contribution in [0.3, 0.4) is 0 Å². The molecule has 70 valence electrons. The van der Waals surface area contributed by atoms with Crippen molar-refractivity contribution in [1.29, 1.82) is 0 Å². The van der Waals surface area contributed by atoms with Gasteiger partial charge >= 0.3 is 0 Å². The third-order valence-corrected chi connectivity index (χ3v) is 1.71. The van der Waals surface area contributed by atoms with Crippen LogP contribution in [0.4, 0.5) is 4.39 Å². The van der Waals surface area contributed by atoms with Gasteiger partial charge in [0.05, 0.1) is 10.6 Å². The van der Waals surface area contributed by atoms with Crippen molar-refractivity contribution in [3.63, 3.8) is 0 Å². The van der Waals surface area contributed by atoms with E-state index in [1.807, 2.05) is 0 Å². The minimum atomic E-state index is -0.884. The van der Waals surface area contributed by atoms with E-state index in [4.69, 9.17) is 22.6 Å². The molecule has 13 heavy (non-hydrogen) atoms. The van der Waals surface area contributed by atoms with Gasteiger partial charge in [0, 0.05) is 6.07 Å². The topological polar surface area (TPSA) is 75.3 Å². The Morgan fingerprint density at radius 3 is 2.77 bits per heavy atom. The van der Waals surface area contributed by atoms with E-state index in [0.717, 1.165) is 12.1 Å². The van der Waals surface area contributed by atoms with Crippen molar-refractivity contribution < 1.29 is 14.3 Å². The van der Waals surface area contributed by atoms with E-state index in [1.54, 1.807) is 5.43 Å². The number of carbonyl (C=O) groups is 1. The lowest BCUT2D eigenvalue weighted by Gasteiger charge is -2.03. The van der Waals surface area contributed by atoms with Crippen LogP contribution in [0.25, 0.3) is 0 Å². The highest BCUT2D eigenvalue weighted by molar-refractivity contribution is 6.32. The number of hydrogen-bond acceptors (Lipinski definition) is 3. The molecule has 1 aromatic rings. The zero-order chi connectivity index (χ0) is 10.0.